The summed E-state index contributed by atoms with van der Waals surface area (Å²) in [6.45, 7) is 0. The molecular weight excluding hydrogens is 328 g/mol. The Kier molecular flexibility index (Phi) is 5.78. The number of nitrogen functional groups attached to an aromatic ring is 1. The lowest BCUT2D eigenvalue weighted by Crippen LogP contribution is -2.13. The number of hydrogen-bond donors (Lipinski definition) is 2. The maximum Gasteiger partial charge on any atom is 0.224 e. The van der Waals surface area contributed by atoms with E-state index in [2.05, 4.69) is 5.32 Å². The molecule has 0 spiro atoms. The van der Waals surface area contributed by atoms with Crippen LogP contribution in [0.5, 0.6) is 0 Å². The van der Waals surface area contributed by atoms with Gasteiger partial charge in [-0.1, -0.05) is 17.7 Å². The van der Waals surface area contributed by atoms with E-state index >= 15 is 0 Å². The van der Waals surface area contributed by atoms with Gasteiger partial charge in [0.15, 0.2) is 0 Å². The largest absolute Gasteiger partial charge is 0.397 e. The highest BCUT2D eigenvalue weighted by Gasteiger charge is 2.08. The van der Waals surface area contributed by atoms with E-state index in [-0.39, 0.29) is 5.91 Å². The molecule has 1 amide bonds. The SMILES string of the molecule is Nc1cc(Cl)ccc1NC(=O)CCCS(=O)c1cccs1. The molecule has 0 bridgehead atoms. The van der Waals surface area contributed by atoms with Crippen molar-refractivity contribution in [1.29, 1.82) is 0 Å². The summed E-state index contributed by atoms with van der Waals surface area (Å²) in [4.78, 5) is 11.8. The van der Waals surface area contributed by atoms with Crippen LogP contribution in [0.1, 0.15) is 12.8 Å². The smallest absolute Gasteiger partial charge is 0.224 e. The van der Waals surface area contributed by atoms with Crippen molar-refractivity contribution in [2.75, 3.05) is 16.8 Å². The van der Waals surface area contributed by atoms with E-state index in [1.807, 2.05) is 17.5 Å². The summed E-state index contributed by atoms with van der Waals surface area (Å²) in [5.41, 5.74) is 6.74. The van der Waals surface area contributed by atoms with E-state index in [9.17, 15) is 9.00 Å². The van der Waals surface area contributed by atoms with Gasteiger partial charge in [-0.05, 0) is 36.1 Å². The fourth-order valence-corrected chi connectivity index (χ4v) is 4.03. The molecule has 1 atom stereocenters. The minimum Gasteiger partial charge on any atom is -0.397 e. The van der Waals surface area contributed by atoms with Crippen LogP contribution >= 0.6 is 22.9 Å². The average molecular weight is 343 g/mol. The summed E-state index contributed by atoms with van der Waals surface area (Å²) in [6, 6.07) is 8.63. The monoisotopic (exact) mass is 342 g/mol. The van der Waals surface area contributed by atoms with Crippen LogP contribution in [-0.4, -0.2) is 15.9 Å². The molecule has 3 N–H and O–H groups in total. The molecule has 112 valence electrons. The first-order valence-electron chi connectivity index (χ1n) is 6.33. The Morgan fingerprint density at radius 2 is 2.19 bits per heavy atom. The summed E-state index contributed by atoms with van der Waals surface area (Å²) >= 11 is 7.26. The number of nitrogens with two attached hydrogens (primary N) is 1. The Bertz CT molecular complexity index is 644. The first kappa shape index (κ1) is 16.0. The predicted molar refractivity (Wildman–Crippen MR) is 89.3 cm³/mol. The van der Waals surface area contributed by atoms with Crippen molar-refractivity contribution in [2.45, 2.75) is 17.1 Å². The van der Waals surface area contributed by atoms with Gasteiger partial charge in [-0.15, -0.1) is 11.3 Å². The van der Waals surface area contributed by atoms with Crippen LogP contribution in [0.2, 0.25) is 5.02 Å². The molecule has 1 unspecified atom stereocenters. The van der Waals surface area contributed by atoms with Crippen LogP contribution in [0.25, 0.3) is 0 Å². The minimum atomic E-state index is -1.03. The molecule has 1 aromatic carbocycles. The number of amides is 1. The molecule has 0 saturated heterocycles. The highest BCUT2D eigenvalue weighted by molar-refractivity contribution is 7.87. The third kappa shape index (κ3) is 4.84. The van der Waals surface area contributed by atoms with Crippen molar-refractivity contribution >= 4 is 51.0 Å². The quantitative estimate of drug-likeness (QED) is 0.789. The molecule has 2 aromatic rings. The molecule has 0 radical (unpaired) electrons. The van der Waals surface area contributed by atoms with Gasteiger partial charge in [0.1, 0.15) is 0 Å². The highest BCUT2D eigenvalue weighted by atomic mass is 35.5. The lowest BCUT2D eigenvalue weighted by atomic mass is 10.2. The van der Waals surface area contributed by atoms with Crippen LogP contribution in [-0.2, 0) is 15.6 Å². The number of hydrogen-bond acceptors (Lipinski definition) is 4. The van der Waals surface area contributed by atoms with Crippen molar-refractivity contribution in [1.82, 2.24) is 0 Å². The molecule has 1 aromatic heterocycles. The fourth-order valence-electron chi connectivity index (χ4n) is 1.72. The zero-order valence-electron chi connectivity index (χ0n) is 11.2. The highest BCUT2D eigenvalue weighted by Crippen LogP contribution is 2.23. The van der Waals surface area contributed by atoms with Gasteiger partial charge in [0.2, 0.25) is 5.91 Å². The van der Waals surface area contributed by atoms with Gasteiger partial charge in [-0.3, -0.25) is 9.00 Å². The number of thiophene rings is 1. The van der Waals surface area contributed by atoms with Gasteiger partial charge in [0.05, 0.1) is 26.4 Å². The molecule has 2 rings (SSSR count). The number of nitrogens with one attached hydrogen (secondary N) is 1. The van der Waals surface area contributed by atoms with E-state index in [0.717, 1.165) is 4.21 Å². The van der Waals surface area contributed by atoms with Gasteiger partial charge in [0.25, 0.3) is 0 Å². The van der Waals surface area contributed by atoms with Gasteiger partial charge >= 0.3 is 0 Å². The molecule has 4 nitrogen and oxygen atoms in total. The summed E-state index contributed by atoms with van der Waals surface area (Å²) in [5.74, 6) is 0.330. The third-order valence-corrected chi connectivity index (χ3v) is 5.73. The maximum atomic E-state index is 11.9. The summed E-state index contributed by atoms with van der Waals surface area (Å²) in [6.07, 6.45) is 0.864. The molecular formula is C14H15ClN2O2S2. The van der Waals surface area contributed by atoms with Crippen molar-refractivity contribution in [3.05, 3.63) is 40.7 Å². The molecule has 0 aliphatic rings. The van der Waals surface area contributed by atoms with Crippen LogP contribution in [0.4, 0.5) is 11.4 Å². The molecule has 0 aliphatic carbocycles. The molecule has 1 heterocycles. The normalized spacial score (nSPS) is 12.0. The Balaban J connectivity index is 1.78. The van der Waals surface area contributed by atoms with Crippen molar-refractivity contribution < 1.29 is 9.00 Å². The van der Waals surface area contributed by atoms with Crippen molar-refractivity contribution in [3.63, 3.8) is 0 Å². The van der Waals surface area contributed by atoms with E-state index in [1.165, 1.54) is 11.3 Å². The third-order valence-electron chi connectivity index (χ3n) is 2.74. The summed E-state index contributed by atoms with van der Waals surface area (Å²) in [7, 11) is -1.03. The van der Waals surface area contributed by atoms with Gasteiger partial charge in [-0.2, -0.15) is 0 Å². The Hall–Kier alpha value is -1.37. The number of benzene rings is 1. The van der Waals surface area contributed by atoms with Crippen molar-refractivity contribution in [3.8, 4) is 0 Å². The Morgan fingerprint density at radius 1 is 1.38 bits per heavy atom. The first-order chi connectivity index (χ1) is 10.1. The van der Waals surface area contributed by atoms with Crippen LogP contribution in [0.3, 0.4) is 0 Å². The van der Waals surface area contributed by atoms with E-state index in [0.29, 0.717) is 35.0 Å². The second kappa shape index (κ2) is 7.59. The number of carbonyl (C=O) groups excluding carboxylic acids is 1. The molecule has 7 heteroatoms. The lowest BCUT2D eigenvalue weighted by molar-refractivity contribution is -0.116. The molecule has 21 heavy (non-hydrogen) atoms. The summed E-state index contributed by atoms with van der Waals surface area (Å²) in [5, 5.41) is 5.14. The van der Waals surface area contributed by atoms with Crippen LogP contribution in [0.15, 0.2) is 39.9 Å². The van der Waals surface area contributed by atoms with Gasteiger partial charge in [0, 0.05) is 17.2 Å². The number of rotatable bonds is 6. The maximum absolute atomic E-state index is 11.9. The topological polar surface area (TPSA) is 72.2 Å². The number of carbonyl (C=O) groups is 1. The average Bonchev–Trinajstić information content (AvgIpc) is 2.96. The van der Waals surface area contributed by atoms with E-state index < -0.39 is 10.8 Å². The fraction of sp³-hybridized carbons (Fsp3) is 0.214. The van der Waals surface area contributed by atoms with E-state index in [1.54, 1.807) is 18.2 Å². The van der Waals surface area contributed by atoms with Crippen LogP contribution < -0.4 is 11.1 Å². The van der Waals surface area contributed by atoms with Gasteiger partial charge in [-0.25, -0.2) is 0 Å². The predicted octanol–water partition coefficient (Wildman–Crippen LogP) is 3.51. The lowest BCUT2D eigenvalue weighted by Gasteiger charge is -2.08. The number of halogens is 1. The second-order valence-electron chi connectivity index (χ2n) is 4.37. The Morgan fingerprint density at radius 3 is 2.86 bits per heavy atom. The standard InChI is InChI=1S/C14H15ClN2O2S2/c15-10-5-6-12(11(16)9-10)17-13(18)3-2-8-21(19)14-4-1-7-20-14/h1,4-7,9H,2-3,8,16H2,(H,17,18). The Labute approximate surface area is 134 Å². The van der Waals surface area contributed by atoms with Crippen LogP contribution in [0, 0.1) is 0 Å². The van der Waals surface area contributed by atoms with Crippen molar-refractivity contribution in [2.24, 2.45) is 0 Å². The summed E-state index contributed by atoms with van der Waals surface area (Å²) < 4.78 is 12.7. The second-order valence-corrected chi connectivity index (χ2v) is 7.55. The molecule has 0 aliphatic heterocycles. The first-order valence-corrected chi connectivity index (χ1v) is 8.90. The zero-order valence-corrected chi connectivity index (χ0v) is 13.6. The number of anilines is 2. The molecule has 0 fully saturated rings. The minimum absolute atomic E-state index is 0.146. The zero-order chi connectivity index (χ0) is 15.2. The van der Waals surface area contributed by atoms with Gasteiger partial charge < -0.3 is 11.1 Å². The molecule has 0 saturated carbocycles. The van der Waals surface area contributed by atoms with E-state index in [4.69, 9.17) is 17.3 Å².